The second kappa shape index (κ2) is 4.07. The van der Waals surface area contributed by atoms with E-state index in [9.17, 15) is 5.11 Å². The zero-order chi connectivity index (χ0) is 11.8. The highest BCUT2D eigenvalue weighted by molar-refractivity contribution is 5.43. The van der Waals surface area contributed by atoms with Gasteiger partial charge >= 0.3 is 0 Å². The molecule has 0 aromatic heterocycles. The van der Waals surface area contributed by atoms with Gasteiger partial charge in [-0.2, -0.15) is 5.48 Å². The Labute approximate surface area is 96.4 Å². The summed E-state index contributed by atoms with van der Waals surface area (Å²) in [7, 11) is 0. The van der Waals surface area contributed by atoms with Crippen molar-refractivity contribution in [3.8, 4) is 5.75 Å². The van der Waals surface area contributed by atoms with Crippen LogP contribution in [-0.2, 0) is 11.3 Å². The molecule has 3 heteroatoms. The Morgan fingerprint density at radius 3 is 2.81 bits per heavy atom. The number of phenolic OH excluding ortho intramolecular Hbond substituents is 1. The number of nitrogens with one attached hydrogen (secondary N) is 1. The molecule has 0 aliphatic heterocycles. The molecule has 0 fully saturated rings. The van der Waals surface area contributed by atoms with Gasteiger partial charge in [0.25, 0.3) is 0 Å². The van der Waals surface area contributed by atoms with E-state index in [0.717, 1.165) is 24.0 Å². The molecule has 3 nitrogen and oxygen atoms in total. The zero-order valence-electron chi connectivity index (χ0n) is 10.1. The van der Waals surface area contributed by atoms with E-state index < -0.39 is 0 Å². The Kier molecular flexibility index (Phi) is 2.91. The van der Waals surface area contributed by atoms with Crippen LogP contribution in [0.2, 0.25) is 0 Å². The number of benzene rings is 1. The van der Waals surface area contributed by atoms with Gasteiger partial charge in [0.2, 0.25) is 0 Å². The molecule has 0 spiro atoms. The normalized spacial score (nSPS) is 19.8. The standard InChI is InChI=1S/C13H19NO2/c1-13(2,3)16-14-11-8-7-10-9(11)5-4-6-12(10)15/h4-6,11,14-15H,7-8H2,1-3H3. The molecule has 0 saturated heterocycles. The van der Waals surface area contributed by atoms with Crippen LogP contribution >= 0.6 is 0 Å². The number of phenols is 1. The van der Waals surface area contributed by atoms with Crippen LogP contribution in [0.15, 0.2) is 18.2 Å². The van der Waals surface area contributed by atoms with E-state index in [1.165, 1.54) is 0 Å². The Morgan fingerprint density at radius 2 is 2.12 bits per heavy atom. The van der Waals surface area contributed by atoms with E-state index in [2.05, 4.69) is 5.48 Å². The number of aromatic hydroxyl groups is 1. The molecule has 2 rings (SSSR count). The minimum absolute atomic E-state index is 0.195. The molecule has 1 aliphatic carbocycles. The molecular weight excluding hydrogens is 202 g/mol. The number of rotatable bonds is 2. The van der Waals surface area contributed by atoms with Gasteiger partial charge in [-0.3, -0.25) is 4.84 Å². The minimum Gasteiger partial charge on any atom is -0.508 e. The molecule has 1 aromatic carbocycles. The molecule has 1 atom stereocenters. The average molecular weight is 221 g/mol. The fraction of sp³-hybridized carbons (Fsp3) is 0.538. The largest absolute Gasteiger partial charge is 0.508 e. The van der Waals surface area contributed by atoms with E-state index >= 15 is 0 Å². The molecule has 88 valence electrons. The van der Waals surface area contributed by atoms with Crippen molar-refractivity contribution in [3.63, 3.8) is 0 Å². The maximum absolute atomic E-state index is 9.71. The van der Waals surface area contributed by atoms with Crippen molar-refractivity contribution in [2.45, 2.75) is 45.3 Å². The van der Waals surface area contributed by atoms with Crippen molar-refractivity contribution in [1.29, 1.82) is 0 Å². The van der Waals surface area contributed by atoms with E-state index in [0.29, 0.717) is 5.75 Å². The number of hydrogen-bond acceptors (Lipinski definition) is 3. The fourth-order valence-electron chi connectivity index (χ4n) is 2.01. The van der Waals surface area contributed by atoms with Crippen LogP contribution in [0.5, 0.6) is 5.75 Å². The average Bonchev–Trinajstić information content (AvgIpc) is 2.58. The highest BCUT2D eigenvalue weighted by atomic mass is 16.7. The van der Waals surface area contributed by atoms with Crippen molar-refractivity contribution in [2.24, 2.45) is 0 Å². The third kappa shape index (κ3) is 2.36. The lowest BCUT2D eigenvalue weighted by Gasteiger charge is -2.23. The van der Waals surface area contributed by atoms with Crippen molar-refractivity contribution >= 4 is 0 Å². The van der Waals surface area contributed by atoms with Crippen LogP contribution in [0.4, 0.5) is 0 Å². The molecule has 0 saturated carbocycles. The molecule has 1 aliphatic rings. The summed E-state index contributed by atoms with van der Waals surface area (Å²) in [4.78, 5) is 5.58. The third-order valence-electron chi connectivity index (χ3n) is 2.75. The fourth-order valence-corrected chi connectivity index (χ4v) is 2.01. The highest BCUT2D eigenvalue weighted by Crippen LogP contribution is 2.36. The van der Waals surface area contributed by atoms with E-state index in [1.807, 2.05) is 32.9 Å². The Bertz CT molecular complexity index is 382. The minimum atomic E-state index is -0.195. The maximum Gasteiger partial charge on any atom is 0.119 e. The lowest BCUT2D eigenvalue weighted by atomic mass is 10.1. The molecule has 2 N–H and O–H groups in total. The SMILES string of the molecule is CC(C)(C)ONC1CCc2c(O)cccc21. The summed E-state index contributed by atoms with van der Waals surface area (Å²) in [6, 6.07) is 5.87. The number of hydrogen-bond donors (Lipinski definition) is 2. The Hall–Kier alpha value is -1.06. The van der Waals surface area contributed by atoms with Gasteiger partial charge in [0.15, 0.2) is 0 Å². The van der Waals surface area contributed by atoms with Crippen LogP contribution in [0.25, 0.3) is 0 Å². The van der Waals surface area contributed by atoms with Gasteiger partial charge in [-0.25, -0.2) is 0 Å². The summed E-state index contributed by atoms with van der Waals surface area (Å²) in [5.74, 6) is 0.401. The second-order valence-electron chi connectivity index (χ2n) is 5.27. The summed E-state index contributed by atoms with van der Waals surface area (Å²) >= 11 is 0. The first-order valence-corrected chi connectivity index (χ1v) is 5.72. The quantitative estimate of drug-likeness (QED) is 0.754. The molecule has 0 bridgehead atoms. The summed E-state index contributed by atoms with van der Waals surface area (Å²) in [5, 5.41) is 9.71. The van der Waals surface area contributed by atoms with Crippen molar-refractivity contribution < 1.29 is 9.94 Å². The lowest BCUT2D eigenvalue weighted by Crippen LogP contribution is -2.31. The molecule has 1 aromatic rings. The zero-order valence-corrected chi connectivity index (χ0v) is 10.1. The summed E-state index contributed by atoms with van der Waals surface area (Å²) in [5.41, 5.74) is 5.11. The Morgan fingerprint density at radius 1 is 1.38 bits per heavy atom. The molecule has 0 amide bonds. The first kappa shape index (κ1) is 11.4. The molecule has 16 heavy (non-hydrogen) atoms. The Balaban J connectivity index is 2.09. The predicted molar refractivity (Wildman–Crippen MR) is 63.1 cm³/mol. The van der Waals surface area contributed by atoms with Crippen molar-refractivity contribution in [2.75, 3.05) is 0 Å². The van der Waals surface area contributed by atoms with E-state index in [4.69, 9.17) is 4.84 Å². The molecule has 0 heterocycles. The number of hydroxylamine groups is 1. The summed E-state index contributed by atoms with van der Waals surface area (Å²) in [6.07, 6.45) is 1.89. The highest BCUT2D eigenvalue weighted by Gasteiger charge is 2.25. The van der Waals surface area contributed by atoms with E-state index in [1.54, 1.807) is 6.07 Å². The van der Waals surface area contributed by atoms with Gasteiger partial charge in [-0.05, 0) is 50.8 Å². The smallest absolute Gasteiger partial charge is 0.119 e. The van der Waals surface area contributed by atoms with Crippen LogP contribution in [0, 0.1) is 0 Å². The summed E-state index contributed by atoms with van der Waals surface area (Å²) < 4.78 is 0. The van der Waals surface area contributed by atoms with Crippen LogP contribution in [0.3, 0.4) is 0 Å². The van der Waals surface area contributed by atoms with Gasteiger partial charge in [-0.1, -0.05) is 12.1 Å². The van der Waals surface area contributed by atoms with Gasteiger partial charge in [-0.15, -0.1) is 0 Å². The van der Waals surface area contributed by atoms with Crippen LogP contribution < -0.4 is 5.48 Å². The van der Waals surface area contributed by atoms with Gasteiger partial charge in [0.1, 0.15) is 5.75 Å². The molecular formula is C13H19NO2. The number of fused-ring (bicyclic) bond motifs is 1. The lowest BCUT2D eigenvalue weighted by molar-refractivity contribution is -0.0888. The van der Waals surface area contributed by atoms with Gasteiger partial charge < -0.3 is 5.11 Å². The van der Waals surface area contributed by atoms with Gasteiger partial charge in [0.05, 0.1) is 11.6 Å². The first-order chi connectivity index (χ1) is 7.47. The monoisotopic (exact) mass is 221 g/mol. The molecule has 1 unspecified atom stereocenters. The van der Waals surface area contributed by atoms with E-state index in [-0.39, 0.29) is 11.6 Å². The van der Waals surface area contributed by atoms with Crippen LogP contribution in [0.1, 0.15) is 44.4 Å². The topological polar surface area (TPSA) is 41.5 Å². The maximum atomic E-state index is 9.71. The first-order valence-electron chi connectivity index (χ1n) is 5.72. The van der Waals surface area contributed by atoms with Crippen molar-refractivity contribution in [1.82, 2.24) is 5.48 Å². The van der Waals surface area contributed by atoms with Crippen LogP contribution in [-0.4, -0.2) is 10.7 Å². The molecule has 0 radical (unpaired) electrons. The third-order valence-corrected chi connectivity index (χ3v) is 2.75. The van der Waals surface area contributed by atoms with Gasteiger partial charge in [0, 0.05) is 0 Å². The second-order valence-corrected chi connectivity index (χ2v) is 5.27. The van der Waals surface area contributed by atoms with Crippen molar-refractivity contribution in [3.05, 3.63) is 29.3 Å². The summed E-state index contributed by atoms with van der Waals surface area (Å²) in [6.45, 7) is 6.04. The predicted octanol–water partition coefficient (Wildman–Crippen LogP) is 2.70.